The molecule has 2 atom stereocenters. The largest absolute Gasteiger partial charge is 0.302 e. The first kappa shape index (κ1) is 14.1. The van der Waals surface area contributed by atoms with Crippen LogP contribution in [0.3, 0.4) is 0 Å². The number of sulfonamides is 1. The molecule has 0 N–H and O–H groups in total. The number of thiol groups is 1. The second kappa shape index (κ2) is 5.33. The minimum atomic E-state index is -3.71. The molecule has 7 heteroatoms. The van der Waals surface area contributed by atoms with Crippen molar-refractivity contribution in [2.45, 2.75) is 22.6 Å². The lowest BCUT2D eigenvalue weighted by atomic mass is 10.2. The van der Waals surface area contributed by atoms with Crippen LogP contribution in [0, 0.1) is 11.3 Å². The van der Waals surface area contributed by atoms with E-state index in [1.807, 2.05) is 6.07 Å². The molecular weight excluding hydrogens is 284 g/mol. The van der Waals surface area contributed by atoms with E-state index in [4.69, 9.17) is 5.26 Å². The maximum atomic E-state index is 12.4. The van der Waals surface area contributed by atoms with Crippen molar-refractivity contribution in [1.29, 1.82) is 5.26 Å². The van der Waals surface area contributed by atoms with Gasteiger partial charge in [-0.15, -0.1) is 0 Å². The van der Waals surface area contributed by atoms with Crippen LogP contribution in [0.1, 0.15) is 12.0 Å². The number of carbonyl (C=O) groups excluding carboxylic acids is 1. The summed E-state index contributed by atoms with van der Waals surface area (Å²) in [6, 6.07) is 6.90. The number of carbonyl (C=O) groups is 1. The first-order valence-corrected chi connectivity index (χ1v) is 7.60. The van der Waals surface area contributed by atoms with E-state index < -0.39 is 16.1 Å². The molecule has 1 aromatic rings. The second-order valence-corrected chi connectivity index (χ2v) is 6.92. The summed E-state index contributed by atoms with van der Waals surface area (Å²) in [5.74, 6) is 0. The minimum absolute atomic E-state index is 0.0841. The summed E-state index contributed by atoms with van der Waals surface area (Å²) in [5.41, 5.74) is 0.388. The molecule has 1 aromatic carbocycles. The van der Waals surface area contributed by atoms with Crippen LogP contribution in [0.4, 0.5) is 0 Å². The third-order valence-corrected chi connectivity index (χ3v) is 5.30. The van der Waals surface area contributed by atoms with Gasteiger partial charge in [0.1, 0.15) is 6.29 Å². The van der Waals surface area contributed by atoms with Crippen molar-refractivity contribution in [3.05, 3.63) is 29.8 Å². The highest BCUT2D eigenvalue weighted by Gasteiger charge is 2.38. The fourth-order valence-electron chi connectivity index (χ4n) is 2.05. The van der Waals surface area contributed by atoms with Crippen LogP contribution in [0.5, 0.6) is 0 Å². The highest BCUT2D eigenvalue weighted by Crippen LogP contribution is 2.27. The maximum absolute atomic E-state index is 12.4. The molecule has 1 aliphatic rings. The fraction of sp³-hybridized carbons (Fsp3) is 0.333. The van der Waals surface area contributed by atoms with Gasteiger partial charge in [0.05, 0.1) is 22.6 Å². The Kier molecular flexibility index (Phi) is 3.94. The van der Waals surface area contributed by atoms with Gasteiger partial charge in [0.15, 0.2) is 0 Å². The van der Waals surface area contributed by atoms with Gasteiger partial charge in [-0.3, -0.25) is 0 Å². The lowest BCUT2D eigenvalue weighted by Gasteiger charge is -2.19. The summed E-state index contributed by atoms with van der Waals surface area (Å²) in [7, 11) is -3.71. The number of benzene rings is 1. The summed E-state index contributed by atoms with van der Waals surface area (Å²) in [6.45, 7) is 0.217. The topological polar surface area (TPSA) is 78.2 Å². The van der Waals surface area contributed by atoms with Crippen LogP contribution in [0.15, 0.2) is 29.2 Å². The van der Waals surface area contributed by atoms with E-state index in [0.29, 0.717) is 18.3 Å². The van der Waals surface area contributed by atoms with Crippen LogP contribution in [0.2, 0.25) is 0 Å². The molecular formula is C12H12N2O3S2. The quantitative estimate of drug-likeness (QED) is 0.661. The zero-order valence-corrected chi connectivity index (χ0v) is 11.6. The molecule has 0 spiro atoms. The average molecular weight is 296 g/mol. The average Bonchev–Trinajstić information content (AvgIpc) is 2.81. The van der Waals surface area contributed by atoms with E-state index in [-0.39, 0.29) is 16.7 Å². The molecule has 1 fully saturated rings. The summed E-state index contributed by atoms with van der Waals surface area (Å²) in [4.78, 5) is 11.0. The summed E-state index contributed by atoms with van der Waals surface area (Å²) in [6.07, 6.45) is 1.06. The van der Waals surface area contributed by atoms with E-state index in [1.54, 1.807) is 0 Å². The SMILES string of the molecule is N#Cc1ccc(S(=O)(=O)N2CC(S)C[C@@H]2C=O)cc1. The molecule has 1 heterocycles. The van der Waals surface area contributed by atoms with Crippen LogP contribution in [-0.4, -0.2) is 36.8 Å². The normalized spacial score (nSPS) is 24.0. The second-order valence-electron chi connectivity index (χ2n) is 4.30. The number of aldehydes is 1. The lowest BCUT2D eigenvalue weighted by Crippen LogP contribution is -2.36. The zero-order chi connectivity index (χ0) is 14.0. The van der Waals surface area contributed by atoms with E-state index in [0.717, 1.165) is 0 Å². The molecule has 5 nitrogen and oxygen atoms in total. The third-order valence-electron chi connectivity index (χ3n) is 3.02. The van der Waals surface area contributed by atoms with Gasteiger partial charge in [-0.25, -0.2) is 8.42 Å². The van der Waals surface area contributed by atoms with Crippen LogP contribution in [0.25, 0.3) is 0 Å². The standard InChI is InChI=1S/C12H12N2O3S2/c13-6-9-1-3-12(4-2-9)19(16,17)14-7-11(18)5-10(14)8-15/h1-4,8,10-11,18H,5,7H2/t10-,11?/m1/s1. The number of nitrogens with zero attached hydrogens (tertiary/aromatic N) is 2. The lowest BCUT2D eigenvalue weighted by molar-refractivity contribution is -0.110. The molecule has 0 bridgehead atoms. The molecule has 0 saturated carbocycles. The summed E-state index contributed by atoms with van der Waals surface area (Å²) >= 11 is 4.23. The third kappa shape index (κ3) is 2.66. The summed E-state index contributed by atoms with van der Waals surface area (Å²) < 4.78 is 26.0. The Hall–Kier alpha value is -1.36. The van der Waals surface area contributed by atoms with Gasteiger partial charge < -0.3 is 4.79 Å². The molecule has 1 unspecified atom stereocenters. The van der Waals surface area contributed by atoms with E-state index >= 15 is 0 Å². The Morgan fingerprint density at radius 3 is 2.53 bits per heavy atom. The molecule has 0 aromatic heterocycles. The monoisotopic (exact) mass is 296 g/mol. The van der Waals surface area contributed by atoms with Crippen molar-refractivity contribution < 1.29 is 13.2 Å². The highest BCUT2D eigenvalue weighted by atomic mass is 32.2. The predicted molar refractivity (Wildman–Crippen MR) is 72.3 cm³/mol. The Labute approximate surface area is 117 Å². The number of hydrogen-bond donors (Lipinski definition) is 1. The molecule has 1 saturated heterocycles. The number of rotatable bonds is 3. The Morgan fingerprint density at radius 2 is 2.00 bits per heavy atom. The van der Waals surface area contributed by atoms with E-state index in [9.17, 15) is 13.2 Å². The van der Waals surface area contributed by atoms with Gasteiger partial charge in [-0.1, -0.05) is 0 Å². The Bertz CT molecular complexity index is 619. The Morgan fingerprint density at radius 1 is 1.37 bits per heavy atom. The van der Waals surface area contributed by atoms with Crippen molar-refractivity contribution >= 4 is 28.9 Å². The van der Waals surface area contributed by atoms with Gasteiger partial charge in [0, 0.05) is 11.8 Å². The smallest absolute Gasteiger partial charge is 0.243 e. The van der Waals surface area contributed by atoms with Crippen LogP contribution < -0.4 is 0 Å². The molecule has 0 aliphatic carbocycles. The molecule has 1 aliphatic heterocycles. The first-order valence-electron chi connectivity index (χ1n) is 5.64. The van der Waals surface area contributed by atoms with Gasteiger partial charge in [0.2, 0.25) is 10.0 Å². The van der Waals surface area contributed by atoms with E-state index in [1.165, 1.54) is 28.6 Å². The number of hydrogen-bond acceptors (Lipinski definition) is 5. The van der Waals surface area contributed by atoms with Crippen molar-refractivity contribution in [2.24, 2.45) is 0 Å². The van der Waals surface area contributed by atoms with Gasteiger partial charge >= 0.3 is 0 Å². The fourth-order valence-corrected chi connectivity index (χ4v) is 4.17. The minimum Gasteiger partial charge on any atom is -0.302 e. The van der Waals surface area contributed by atoms with Crippen molar-refractivity contribution in [1.82, 2.24) is 4.31 Å². The van der Waals surface area contributed by atoms with E-state index in [2.05, 4.69) is 12.6 Å². The maximum Gasteiger partial charge on any atom is 0.243 e. The van der Waals surface area contributed by atoms with Gasteiger partial charge in [0.25, 0.3) is 0 Å². The first-order chi connectivity index (χ1) is 8.98. The molecule has 100 valence electrons. The highest BCUT2D eigenvalue weighted by molar-refractivity contribution is 7.89. The van der Waals surface area contributed by atoms with Gasteiger partial charge in [-0.2, -0.15) is 22.2 Å². The molecule has 19 heavy (non-hydrogen) atoms. The number of nitriles is 1. The predicted octanol–water partition coefficient (Wildman–Crippen LogP) is 0.819. The van der Waals surface area contributed by atoms with Crippen LogP contribution in [-0.2, 0) is 14.8 Å². The van der Waals surface area contributed by atoms with Crippen molar-refractivity contribution in [3.8, 4) is 6.07 Å². The summed E-state index contributed by atoms with van der Waals surface area (Å²) in [5, 5.41) is 8.56. The van der Waals surface area contributed by atoms with Crippen molar-refractivity contribution in [3.63, 3.8) is 0 Å². The molecule has 2 rings (SSSR count). The van der Waals surface area contributed by atoms with Crippen LogP contribution >= 0.6 is 12.6 Å². The Balaban J connectivity index is 2.36. The van der Waals surface area contributed by atoms with Crippen molar-refractivity contribution in [2.75, 3.05) is 6.54 Å². The van der Waals surface area contributed by atoms with Gasteiger partial charge in [-0.05, 0) is 30.7 Å². The molecule has 0 radical (unpaired) electrons. The zero-order valence-electron chi connectivity index (χ0n) is 9.93. The molecule has 0 amide bonds.